The second-order valence-electron chi connectivity index (χ2n) is 7.03. The first-order valence-electron chi connectivity index (χ1n) is 9.19. The van der Waals surface area contributed by atoms with Crippen LogP contribution in [0.4, 0.5) is 0 Å². The van der Waals surface area contributed by atoms with E-state index >= 15 is 0 Å². The van der Waals surface area contributed by atoms with E-state index in [0.29, 0.717) is 26.0 Å². The molecule has 2 fully saturated rings. The molecule has 0 bridgehead atoms. The number of rotatable bonds is 6. The molecule has 1 aliphatic carbocycles. The molecule has 1 aliphatic heterocycles. The molecule has 0 spiro atoms. The number of ether oxygens (including phenoxy) is 2. The average Bonchev–Trinajstić information content (AvgIpc) is 3.16. The van der Waals surface area contributed by atoms with E-state index in [1.54, 1.807) is 0 Å². The van der Waals surface area contributed by atoms with Crippen molar-refractivity contribution in [1.82, 2.24) is 5.32 Å². The molecule has 2 aliphatic rings. The molecule has 0 atom stereocenters. The van der Waals surface area contributed by atoms with E-state index in [9.17, 15) is 10.1 Å². The number of amides is 1. The summed E-state index contributed by atoms with van der Waals surface area (Å²) >= 11 is 0. The second kappa shape index (κ2) is 8.46. The van der Waals surface area contributed by atoms with Crippen molar-refractivity contribution in [2.45, 2.75) is 57.8 Å². The third kappa shape index (κ3) is 4.59. The van der Waals surface area contributed by atoms with Crippen molar-refractivity contribution in [2.24, 2.45) is 5.41 Å². The van der Waals surface area contributed by atoms with Crippen LogP contribution < -0.4 is 5.32 Å². The Morgan fingerprint density at radius 1 is 1.28 bits per heavy atom. The lowest BCUT2D eigenvalue weighted by Crippen LogP contribution is -2.37. The summed E-state index contributed by atoms with van der Waals surface area (Å²) in [6.45, 7) is 2.58. The van der Waals surface area contributed by atoms with E-state index in [1.807, 2.05) is 18.2 Å². The number of carbonyl (C=O) groups excluding carboxylic acids is 1. The smallest absolute Gasteiger partial charge is 0.240 e. The van der Waals surface area contributed by atoms with Gasteiger partial charge in [-0.15, -0.1) is 0 Å². The summed E-state index contributed by atoms with van der Waals surface area (Å²) in [6, 6.07) is 10.3. The zero-order valence-corrected chi connectivity index (χ0v) is 14.6. The molecule has 5 nitrogen and oxygen atoms in total. The average molecular weight is 342 g/mol. The molecule has 1 N–H and O–H groups in total. The van der Waals surface area contributed by atoms with Crippen LogP contribution in [0.15, 0.2) is 24.3 Å². The summed E-state index contributed by atoms with van der Waals surface area (Å²) in [7, 11) is 0. The molecular weight excluding hydrogens is 316 g/mol. The molecule has 0 unspecified atom stereocenters. The van der Waals surface area contributed by atoms with Gasteiger partial charge in [0.1, 0.15) is 5.41 Å². The Morgan fingerprint density at radius 2 is 2.00 bits per heavy atom. The molecule has 0 aromatic heterocycles. The van der Waals surface area contributed by atoms with Gasteiger partial charge in [-0.05, 0) is 36.8 Å². The van der Waals surface area contributed by atoms with Crippen molar-refractivity contribution in [1.29, 1.82) is 5.26 Å². The van der Waals surface area contributed by atoms with E-state index in [2.05, 4.69) is 17.5 Å². The Labute approximate surface area is 149 Å². The van der Waals surface area contributed by atoms with Crippen molar-refractivity contribution in [2.75, 3.05) is 13.2 Å². The third-order valence-electron chi connectivity index (χ3n) is 5.20. The Hall–Kier alpha value is -1.90. The number of hydrogen-bond acceptors (Lipinski definition) is 4. The van der Waals surface area contributed by atoms with Crippen molar-refractivity contribution < 1.29 is 14.3 Å². The van der Waals surface area contributed by atoms with Gasteiger partial charge in [0.2, 0.25) is 5.91 Å². The van der Waals surface area contributed by atoms with Gasteiger partial charge in [-0.1, -0.05) is 37.1 Å². The fourth-order valence-electron chi connectivity index (χ4n) is 3.61. The van der Waals surface area contributed by atoms with E-state index in [0.717, 1.165) is 50.0 Å². The summed E-state index contributed by atoms with van der Waals surface area (Å²) in [4.78, 5) is 12.4. The molecule has 1 aromatic carbocycles. The molecule has 1 amide bonds. The van der Waals surface area contributed by atoms with Crippen LogP contribution in [0.5, 0.6) is 0 Å². The minimum Gasteiger partial charge on any atom is -0.381 e. The van der Waals surface area contributed by atoms with Gasteiger partial charge in [-0.3, -0.25) is 4.79 Å². The van der Waals surface area contributed by atoms with Crippen LogP contribution in [0.1, 0.15) is 49.7 Å². The summed E-state index contributed by atoms with van der Waals surface area (Å²) in [6.07, 6.45) is 5.44. The highest BCUT2D eigenvalue weighted by Crippen LogP contribution is 2.37. The van der Waals surface area contributed by atoms with E-state index < -0.39 is 5.41 Å². The first kappa shape index (κ1) is 17.9. The van der Waals surface area contributed by atoms with Crippen LogP contribution in [-0.2, 0) is 27.4 Å². The number of carbonyl (C=O) groups is 1. The Kier molecular flexibility index (Phi) is 6.06. The topological polar surface area (TPSA) is 71.4 Å². The number of nitriles is 1. The van der Waals surface area contributed by atoms with E-state index in [-0.39, 0.29) is 12.0 Å². The fraction of sp³-hybridized carbons (Fsp3) is 0.600. The zero-order chi connectivity index (χ0) is 17.5. The van der Waals surface area contributed by atoms with E-state index in [4.69, 9.17) is 9.47 Å². The predicted octanol–water partition coefficient (Wildman–Crippen LogP) is 3.08. The first-order chi connectivity index (χ1) is 12.2. The lowest BCUT2D eigenvalue weighted by Gasteiger charge is -2.22. The van der Waals surface area contributed by atoms with Crippen molar-refractivity contribution in [3.8, 4) is 6.07 Å². The molecule has 0 radical (unpaired) electrons. The number of benzene rings is 1. The standard InChI is InChI=1S/C20H26N2O3/c21-15-20(8-1-2-9-20)19(23)22-13-16-4-3-5-17(12-16)14-25-18-6-10-24-11-7-18/h3-5,12,18H,1-2,6-11,13-14H2,(H,22,23). The Morgan fingerprint density at radius 3 is 2.72 bits per heavy atom. The minimum atomic E-state index is -0.816. The lowest BCUT2D eigenvalue weighted by molar-refractivity contribution is -0.128. The lowest BCUT2D eigenvalue weighted by atomic mass is 9.87. The molecule has 25 heavy (non-hydrogen) atoms. The van der Waals surface area contributed by atoms with Crippen LogP contribution in [0.3, 0.4) is 0 Å². The first-order valence-corrected chi connectivity index (χ1v) is 9.19. The fourth-order valence-corrected chi connectivity index (χ4v) is 3.61. The maximum atomic E-state index is 12.4. The molecule has 1 heterocycles. The molecular formula is C20H26N2O3. The molecule has 5 heteroatoms. The van der Waals surface area contributed by atoms with Gasteiger partial charge >= 0.3 is 0 Å². The van der Waals surface area contributed by atoms with Gasteiger partial charge in [0.15, 0.2) is 0 Å². The Bertz CT molecular complexity index is 626. The molecule has 1 aromatic rings. The van der Waals surface area contributed by atoms with Gasteiger partial charge in [-0.2, -0.15) is 5.26 Å². The highest BCUT2D eigenvalue weighted by molar-refractivity contribution is 5.85. The van der Waals surface area contributed by atoms with Gasteiger partial charge in [-0.25, -0.2) is 0 Å². The predicted molar refractivity (Wildman–Crippen MR) is 93.4 cm³/mol. The summed E-state index contributed by atoms with van der Waals surface area (Å²) in [5, 5.41) is 12.3. The highest BCUT2D eigenvalue weighted by atomic mass is 16.5. The van der Waals surface area contributed by atoms with Gasteiger partial charge < -0.3 is 14.8 Å². The summed E-state index contributed by atoms with van der Waals surface area (Å²) < 4.78 is 11.3. The van der Waals surface area contributed by atoms with Gasteiger partial charge in [0.05, 0.1) is 18.8 Å². The van der Waals surface area contributed by atoms with Crippen LogP contribution in [-0.4, -0.2) is 25.2 Å². The van der Waals surface area contributed by atoms with Gasteiger partial charge in [0, 0.05) is 19.8 Å². The molecule has 1 saturated heterocycles. The quantitative estimate of drug-likeness (QED) is 0.862. The second-order valence-corrected chi connectivity index (χ2v) is 7.03. The van der Waals surface area contributed by atoms with Crippen LogP contribution in [0.25, 0.3) is 0 Å². The number of nitrogens with zero attached hydrogens (tertiary/aromatic N) is 1. The molecule has 1 saturated carbocycles. The maximum absolute atomic E-state index is 12.4. The largest absolute Gasteiger partial charge is 0.381 e. The molecule has 134 valence electrons. The van der Waals surface area contributed by atoms with Gasteiger partial charge in [0.25, 0.3) is 0 Å². The number of hydrogen-bond donors (Lipinski definition) is 1. The summed E-state index contributed by atoms with van der Waals surface area (Å²) in [5.74, 6) is -0.128. The normalized spacial score (nSPS) is 20.1. The third-order valence-corrected chi connectivity index (χ3v) is 5.20. The number of nitrogens with one attached hydrogen (secondary N) is 1. The Balaban J connectivity index is 1.51. The van der Waals surface area contributed by atoms with Crippen molar-refractivity contribution in [3.05, 3.63) is 35.4 Å². The monoisotopic (exact) mass is 342 g/mol. The SMILES string of the molecule is N#CC1(C(=O)NCc2cccc(COC3CCOCC3)c2)CCCC1. The zero-order valence-electron chi connectivity index (χ0n) is 14.6. The van der Waals surface area contributed by atoms with E-state index in [1.165, 1.54) is 0 Å². The van der Waals surface area contributed by atoms with Crippen LogP contribution >= 0.6 is 0 Å². The highest BCUT2D eigenvalue weighted by Gasteiger charge is 2.41. The minimum absolute atomic E-state index is 0.128. The van der Waals surface area contributed by atoms with Crippen LogP contribution in [0, 0.1) is 16.7 Å². The van der Waals surface area contributed by atoms with Crippen molar-refractivity contribution in [3.63, 3.8) is 0 Å². The van der Waals surface area contributed by atoms with Crippen LogP contribution in [0.2, 0.25) is 0 Å². The summed E-state index contributed by atoms with van der Waals surface area (Å²) in [5.41, 5.74) is 1.32. The van der Waals surface area contributed by atoms with Crippen molar-refractivity contribution >= 4 is 5.91 Å². The maximum Gasteiger partial charge on any atom is 0.240 e. The molecule has 3 rings (SSSR count).